The van der Waals surface area contributed by atoms with Crippen LogP contribution in [0.3, 0.4) is 0 Å². The van der Waals surface area contributed by atoms with E-state index in [1.807, 2.05) is 29.6 Å². The molecular formula is C22H19NO2S. The van der Waals surface area contributed by atoms with Gasteiger partial charge in [0.1, 0.15) is 10.6 Å². The molecular weight excluding hydrogens is 342 g/mol. The largest absolute Gasteiger partial charge is 0.422 e. The molecule has 2 aromatic heterocycles. The fourth-order valence-corrected chi connectivity index (χ4v) is 3.80. The van der Waals surface area contributed by atoms with Crippen LogP contribution in [0.25, 0.3) is 32.8 Å². The van der Waals surface area contributed by atoms with E-state index < -0.39 is 0 Å². The Kier molecular flexibility index (Phi) is 4.67. The van der Waals surface area contributed by atoms with Crippen molar-refractivity contribution < 1.29 is 4.42 Å². The number of thiazole rings is 1. The van der Waals surface area contributed by atoms with Crippen LogP contribution in [-0.2, 0) is 6.42 Å². The second kappa shape index (κ2) is 7.26. The summed E-state index contributed by atoms with van der Waals surface area (Å²) in [6.07, 6.45) is 3.51. The summed E-state index contributed by atoms with van der Waals surface area (Å²) < 4.78 is 5.43. The van der Waals surface area contributed by atoms with E-state index in [0.29, 0.717) is 16.2 Å². The Bertz CT molecular complexity index is 1090. The summed E-state index contributed by atoms with van der Waals surface area (Å²) in [7, 11) is 0. The Balaban J connectivity index is 1.66. The van der Waals surface area contributed by atoms with Gasteiger partial charge in [0.25, 0.3) is 0 Å². The molecule has 4 rings (SSSR count). The zero-order valence-corrected chi connectivity index (χ0v) is 15.4. The second-order valence-electron chi connectivity index (χ2n) is 6.32. The fraction of sp³-hybridized carbons (Fsp3) is 0.182. The Hall–Kier alpha value is -2.72. The van der Waals surface area contributed by atoms with E-state index in [0.717, 1.165) is 23.1 Å². The van der Waals surface area contributed by atoms with Crippen molar-refractivity contribution in [3.05, 3.63) is 76.0 Å². The highest BCUT2D eigenvalue weighted by atomic mass is 32.1. The third-order valence-electron chi connectivity index (χ3n) is 4.44. The molecule has 0 bridgehead atoms. The minimum absolute atomic E-state index is 0.348. The molecule has 26 heavy (non-hydrogen) atoms. The molecule has 0 amide bonds. The lowest BCUT2D eigenvalue weighted by atomic mass is 10.1. The van der Waals surface area contributed by atoms with E-state index in [1.54, 1.807) is 6.07 Å². The van der Waals surface area contributed by atoms with Crippen LogP contribution in [-0.4, -0.2) is 4.98 Å². The number of hydrogen-bond acceptors (Lipinski definition) is 4. The average Bonchev–Trinajstić information content (AvgIpc) is 3.16. The number of nitrogens with zero attached hydrogens (tertiary/aromatic N) is 1. The molecule has 0 aliphatic carbocycles. The number of hydrogen-bond donors (Lipinski definition) is 0. The first-order valence-corrected chi connectivity index (χ1v) is 9.70. The molecule has 0 atom stereocenters. The van der Waals surface area contributed by atoms with Crippen molar-refractivity contribution in [2.24, 2.45) is 0 Å². The topological polar surface area (TPSA) is 43.1 Å². The van der Waals surface area contributed by atoms with Crippen LogP contribution in [0.1, 0.15) is 25.3 Å². The van der Waals surface area contributed by atoms with Gasteiger partial charge >= 0.3 is 5.63 Å². The minimum Gasteiger partial charge on any atom is -0.422 e. The average molecular weight is 361 g/mol. The van der Waals surface area contributed by atoms with Crippen molar-refractivity contribution in [1.29, 1.82) is 0 Å². The van der Waals surface area contributed by atoms with Gasteiger partial charge in [-0.15, -0.1) is 11.3 Å². The molecule has 0 saturated carbocycles. The maximum absolute atomic E-state index is 12.3. The molecule has 0 spiro atoms. The number of para-hydroxylation sites is 1. The van der Waals surface area contributed by atoms with Crippen molar-refractivity contribution in [2.75, 3.05) is 0 Å². The van der Waals surface area contributed by atoms with E-state index in [4.69, 9.17) is 4.42 Å². The summed E-state index contributed by atoms with van der Waals surface area (Å²) in [4.78, 5) is 17.0. The van der Waals surface area contributed by atoms with Crippen LogP contribution in [0.15, 0.2) is 69.2 Å². The lowest BCUT2D eigenvalue weighted by molar-refractivity contribution is 0.563. The van der Waals surface area contributed by atoms with E-state index in [9.17, 15) is 4.79 Å². The van der Waals surface area contributed by atoms with Crippen molar-refractivity contribution in [1.82, 2.24) is 4.98 Å². The van der Waals surface area contributed by atoms with E-state index in [1.165, 1.54) is 29.7 Å². The van der Waals surface area contributed by atoms with Crippen molar-refractivity contribution >= 4 is 22.3 Å². The van der Waals surface area contributed by atoms with Crippen LogP contribution in [0, 0.1) is 0 Å². The molecule has 2 aromatic carbocycles. The molecule has 0 aliphatic rings. The van der Waals surface area contributed by atoms with Gasteiger partial charge in [-0.3, -0.25) is 0 Å². The number of aryl methyl sites for hydroxylation is 1. The third kappa shape index (κ3) is 3.33. The first-order chi connectivity index (χ1) is 12.7. The molecule has 3 nitrogen and oxygen atoms in total. The van der Waals surface area contributed by atoms with Gasteiger partial charge in [-0.25, -0.2) is 9.78 Å². The highest BCUT2D eigenvalue weighted by Gasteiger charge is 2.12. The predicted molar refractivity (Wildman–Crippen MR) is 108 cm³/mol. The Morgan fingerprint density at radius 2 is 1.88 bits per heavy atom. The summed E-state index contributed by atoms with van der Waals surface area (Å²) in [5.74, 6) is 0. The molecule has 0 saturated heterocycles. The molecule has 4 heteroatoms. The van der Waals surface area contributed by atoms with Gasteiger partial charge in [0, 0.05) is 16.3 Å². The van der Waals surface area contributed by atoms with Crippen LogP contribution in [0.4, 0.5) is 0 Å². The Labute approximate surface area is 156 Å². The summed E-state index contributed by atoms with van der Waals surface area (Å²) in [6, 6.07) is 17.9. The lowest BCUT2D eigenvalue weighted by Gasteiger charge is -2.02. The molecule has 0 unspecified atom stereocenters. The number of aromatic nitrogens is 1. The van der Waals surface area contributed by atoms with Crippen LogP contribution in [0.5, 0.6) is 0 Å². The van der Waals surface area contributed by atoms with Gasteiger partial charge in [0.05, 0.1) is 11.3 Å². The maximum Gasteiger partial charge on any atom is 0.346 e. The molecule has 0 radical (unpaired) electrons. The molecule has 0 aliphatic heterocycles. The van der Waals surface area contributed by atoms with E-state index >= 15 is 0 Å². The Morgan fingerprint density at radius 1 is 1.08 bits per heavy atom. The van der Waals surface area contributed by atoms with Crippen molar-refractivity contribution in [3.8, 4) is 21.8 Å². The quantitative estimate of drug-likeness (QED) is 0.414. The van der Waals surface area contributed by atoms with Gasteiger partial charge in [0.2, 0.25) is 0 Å². The molecule has 4 aromatic rings. The predicted octanol–water partition coefficient (Wildman–Crippen LogP) is 5.93. The molecule has 130 valence electrons. The first-order valence-electron chi connectivity index (χ1n) is 8.82. The van der Waals surface area contributed by atoms with Gasteiger partial charge in [-0.2, -0.15) is 0 Å². The number of benzene rings is 2. The highest BCUT2D eigenvalue weighted by molar-refractivity contribution is 7.13. The SMILES string of the molecule is CCCCc1ccc(-c2csc(-c3cc4ccccc4oc3=O)n2)cc1. The van der Waals surface area contributed by atoms with Crippen LogP contribution < -0.4 is 5.63 Å². The normalized spacial score (nSPS) is 11.1. The van der Waals surface area contributed by atoms with E-state index in [-0.39, 0.29) is 5.63 Å². The number of rotatable bonds is 5. The van der Waals surface area contributed by atoms with Crippen molar-refractivity contribution in [2.45, 2.75) is 26.2 Å². The molecule has 0 N–H and O–H groups in total. The Morgan fingerprint density at radius 3 is 2.69 bits per heavy atom. The van der Waals surface area contributed by atoms with Gasteiger partial charge in [-0.1, -0.05) is 55.8 Å². The van der Waals surface area contributed by atoms with E-state index in [2.05, 4.69) is 36.2 Å². The lowest BCUT2D eigenvalue weighted by Crippen LogP contribution is -2.02. The zero-order chi connectivity index (χ0) is 17.9. The smallest absolute Gasteiger partial charge is 0.346 e. The van der Waals surface area contributed by atoms with Gasteiger partial charge in [0.15, 0.2) is 0 Å². The van der Waals surface area contributed by atoms with Crippen molar-refractivity contribution in [3.63, 3.8) is 0 Å². The standard InChI is InChI=1S/C22H19NO2S/c1-2-3-6-15-9-11-16(12-10-15)19-14-26-21(23-19)18-13-17-7-4-5-8-20(17)25-22(18)24/h4-5,7-14H,2-3,6H2,1H3. The summed E-state index contributed by atoms with van der Waals surface area (Å²) in [6.45, 7) is 2.20. The zero-order valence-electron chi connectivity index (χ0n) is 14.6. The monoisotopic (exact) mass is 361 g/mol. The second-order valence-corrected chi connectivity index (χ2v) is 7.18. The third-order valence-corrected chi connectivity index (χ3v) is 5.32. The first kappa shape index (κ1) is 16.7. The summed E-state index contributed by atoms with van der Waals surface area (Å²) in [5.41, 5.74) is 4.07. The molecule has 2 heterocycles. The van der Waals surface area contributed by atoms with Gasteiger partial charge in [-0.05, 0) is 30.5 Å². The number of fused-ring (bicyclic) bond motifs is 1. The number of unbranched alkanes of at least 4 members (excludes halogenated alkanes) is 1. The summed E-state index contributed by atoms with van der Waals surface area (Å²) >= 11 is 1.47. The maximum atomic E-state index is 12.3. The van der Waals surface area contributed by atoms with Crippen LogP contribution in [0.2, 0.25) is 0 Å². The fourth-order valence-electron chi connectivity index (χ4n) is 2.96. The highest BCUT2D eigenvalue weighted by Crippen LogP contribution is 2.29. The molecule has 0 fully saturated rings. The van der Waals surface area contributed by atoms with Crippen LogP contribution >= 0.6 is 11.3 Å². The van der Waals surface area contributed by atoms with Gasteiger partial charge < -0.3 is 4.42 Å². The minimum atomic E-state index is -0.348. The summed E-state index contributed by atoms with van der Waals surface area (Å²) in [5, 5.41) is 3.58.